The Morgan fingerprint density at radius 2 is 1.87 bits per heavy atom. The van der Waals surface area contributed by atoms with Crippen molar-refractivity contribution in [3.8, 4) is 0 Å². The summed E-state index contributed by atoms with van der Waals surface area (Å²) in [5.41, 5.74) is 1.69. The van der Waals surface area contributed by atoms with E-state index in [1.54, 1.807) is 30.0 Å². The Morgan fingerprint density at radius 1 is 1.13 bits per heavy atom. The number of esters is 1. The lowest BCUT2D eigenvalue weighted by molar-refractivity contribution is -0.153. The third-order valence-electron chi connectivity index (χ3n) is 5.44. The van der Waals surface area contributed by atoms with Gasteiger partial charge in [0.2, 0.25) is 11.9 Å². The molecule has 3 aromatic rings. The van der Waals surface area contributed by atoms with Gasteiger partial charge in [-0.3, -0.25) is 14.5 Å². The van der Waals surface area contributed by atoms with Gasteiger partial charge in [-0.05, 0) is 31.5 Å². The number of benzene rings is 2. The number of anilines is 1. The topological polar surface area (TPSA) is 64.4 Å². The number of carbonyl (C=O) groups is 2. The number of aromatic nitrogens is 2. The van der Waals surface area contributed by atoms with E-state index in [0.29, 0.717) is 18.0 Å². The summed E-state index contributed by atoms with van der Waals surface area (Å²) < 4.78 is 22.0. The summed E-state index contributed by atoms with van der Waals surface area (Å²) in [6.07, 6.45) is 1.64. The molecule has 30 heavy (non-hydrogen) atoms. The van der Waals surface area contributed by atoms with E-state index in [1.165, 1.54) is 6.07 Å². The quantitative estimate of drug-likeness (QED) is 0.454. The predicted molar refractivity (Wildman–Crippen MR) is 112 cm³/mol. The Balaban J connectivity index is 2.00. The van der Waals surface area contributed by atoms with Crippen LogP contribution in [0.4, 0.5) is 10.3 Å². The fourth-order valence-electron chi connectivity index (χ4n) is 4.07. The third kappa shape index (κ3) is 3.24. The van der Waals surface area contributed by atoms with Crippen LogP contribution in [0.5, 0.6) is 0 Å². The maximum absolute atomic E-state index is 14.9. The minimum absolute atomic E-state index is 0.138. The standard InChI is InChI=1S/C23H24FN3O3/c1-3-5-14-26-21(28)19(22(29)30-4-2)20(15-10-6-7-11-16(15)24)27-18-13-9-8-12-17(18)25-23(26)27/h6-13,19-20H,3-5,14H2,1-2H3/t19-,20+/m1/s1. The van der Waals surface area contributed by atoms with Crippen LogP contribution in [0.3, 0.4) is 0 Å². The number of para-hydroxylation sites is 2. The number of fused-ring (bicyclic) bond motifs is 3. The summed E-state index contributed by atoms with van der Waals surface area (Å²) in [5, 5.41) is 0. The highest BCUT2D eigenvalue weighted by Crippen LogP contribution is 2.42. The molecule has 0 spiro atoms. The lowest BCUT2D eigenvalue weighted by Crippen LogP contribution is -2.50. The number of unbranched alkanes of at least 4 members (excludes halogenated alkanes) is 1. The van der Waals surface area contributed by atoms with E-state index in [1.807, 2.05) is 35.8 Å². The molecule has 1 aromatic heterocycles. The van der Waals surface area contributed by atoms with Crippen molar-refractivity contribution >= 4 is 28.9 Å². The maximum Gasteiger partial charge on any atom is 0.321 e. The van der Waals surface area contributed by atoms with Gasteiger partial charge in [-0.2, -0.15) is 0 Å². The van der Waals surface area contributed by atoms with Crippen molar-refractivity contribution in [2.45, 2.75) is 32.7 Å². The van der Waals surface area contributed by atoms with Gasteiger partial charge in [0.25, 0.3) is 0 Å². The third-order valence-corrected chi connectivity index (χ3v) is 5.44. The van der Waals surface area contributed by atoms with Gasteiger partial charge >= 0.3 is 5.97 Å². The van der Waals surface area contributed by atoms with Crippen molar-refractivity contribution in [1.82, 2.24) is 9.55 Å². The van der Waals surface area contributed by atoms with Gasteiger partial charge < -0.3 is 9.30 Å². The van der Waals surface area contributed by atoms with Crippen molar-refractivity contribution < 1.29 is 18.7 Å². The summed E-state index contributed by atoms with van der Waals surface area (Å²) in [7, 11) is 0. The van der Waals surface area contributed by atoms with E-state index in [-0.39, 0.29) is 12.2 Å². The second kappa shape index (κ2) is 8.26. The number of ether oxygens (including phenoxy) is 1. The zero-order chi connectivity index (χ0) is 21.3. The second-order valence-electron chi connectivity index (χ2n) is 7.31. The molecule has 0 saturated carbocycles. The van der Waals surface area contributed by atoms with Gasteiger partial charge in [0.05, 0.1) is 23.7 Å². The van der Waals surface area contributed by atoms with E-state index in [9.17, 15) is 14.0 Å². The Labute approximate surface area is 174 Å². The van der Waals surface area contributed by atoms with Crippen molar-refractivity contribution in [2.75, 3.05) is 18.1 Å². The highest BCUT2D eigenvalue weighted by atomic mass is 19.1. The normalized spacial score (nSPS) is 18.5. The molecule has 0 radical (unpaired) electrons. The molecule has 0 fully saturated rings. The van der Waals surface area contributed by atoms with Crippen molar-refractivity contribution in [2.24, 2.45) is 5.92 Å². The number of amides is 1. The number of hydrogen-bond acceptors (Lipinski definition) is 4. The van der Waals surface area contributed by atoms with E-state index < -0.39 is 29.7 Å². The van der Waals surface area contributed by atoms with E-state index in [0.717, 1.165) is 18.4 Å². The largest absolute Gasteiger partial charge is 0.465 e. The van der Waals surface area contributed by atoms with Crippen LogP contribution in [-0.4, -0.2) is 34.6 Å². The van der Waals surface area contributed by atoms with Crippen molar-refractivity contribution in [1.29, 1.82) is 0 Å². The minimum Gasteiger partial charge on any atom is -0.465 e. The Bertz CT molecular complexity index is 1090. The molecule has 2 atom stereocenters. The molecule has 7 heteroatoms. The van der Waals surface area contributed by atoms with E-state index in [4.69, 9.17) is 4.74 Å². The summed E-state index contributed by atoms with van der Waals surface area (Å²) in [6.45, 7) is 4.29. The number of rotatable bonds is 6. The molecule has 2 aromatic carbocycles. The van der Waals surface area contributed by atoms with Crippen LogP contribution in [0.1, 0.15) is 38.3 Å². The van der Waals surface area contributed by atoms with Crippen LogP contribution in [0.15, 0.2) is 48.5 Å². The average molecular weight is 409 g/mol. The van der Waals surface area contributed by atoms with Crippen LogP contribution in [0, 0.1) is 11.7 Å². The summed E-state index contributed by atoms with van der Waals surface area (Å²) >= 11 is 0. The van der Waals surface area contributed by atoms with Gasteiger partial charge in [-0.1, -0.05) is 43.7 Å². The minimum atomic E-state index is -1.19. The zero-order valence-corrected chi connectivity index (χ0v) is 17.0. The molecule has 156 valence electrons. The molecular formula is C23H24FN3O3. The van der Waals surface area contributed by atoms with Crippen LogP contribution >= 0.6 is 0 Å². The van der Waals surface area contributed by atoms with Crippen LogP contribution in [-0.2, 0) is 14.3 Å². The monoisotopic (exact) mass is 409 g/mol. The molecule has 1 amide bonds. The molecular weight excluding hydrogens is 385 g/mol. The number of nitrogens with zero attached hydrogens (tertiary/aromatic N) is 3. The van der Waals surface area contributed by atoms with Gasteiger partial charge in [-0.15, -0.1) is 0 Å². The van der Waals surface area contributed by atoms with Crippen LogP contribution in [0.25, 0.3) is 11.0 Å². The maximum atomic E-state index is 14.9. The smallest absolute Gasteiger partial charge is 0.321 e. The highest BCUT2D eigenvalue weighted by Gasteiger charge is 2.48. The fraction of sp³-hybridized carbons (Fsp3) is 0.348. The van der Waals surface area contributed by atoms with Gasteiger partial charge in [0.1, 0.15) is 5.82 Å². The molecule has 1 aliphatic rings. The first-order valence-electron chi connectivity index (χ1n) is 10.3. The first kappa shape index (κ1) is 20.1. The second-order valence-corrected chi connectivity index (χ2v) is 7.31. The van der Waals surface area contributed by atoms with Gasteiger partial charge in [0.15, 0.2) is 5.92 Å². The van der Waals surface area contributed by atoms with Crippen LogP contribution < -0.4 is 4.90 Å². The lowest BCUT2D eigenvalue weighted by atomic mass is 9.89. The summed E-state index contributed by atoms with van der Waals surface area (Å²) in [4.78, 5) is 32.7. The Morgan fingerprint density at radius 3 is 2.60 bits per heavy atom. The summed E-state index contributed by atoms with van der Waals surface area (Å²) in [6, 6.07) is 12.8. The summed E-state index contributed by atoms with van der Waals surface area (Å²) in [5.74, 6) is -2.29. The number of halogens is 1. The molecule has 6 nitrogen and oxygen atoms in total. The number of hydrogen-bond donors (Lipinski definition) is 0. The van der Waals surface area contributed by atoms with Crippen molar-refractivity contribution in [3.63, 3.8) is 0 Å². The molecule has 0 bridgehead atoms. The van der Waals surface area contributed by atoms with E-state index >= 15 is 0 Å². The SMILES string of the molecule is CCCCN1C(=O)[C@H](C(=O)OCC)[C@H](c2ccccc2F)n2c1nc1ccccc12. The molecule has 0 unspecified atom stereocenters. The Kier molecular flexibility index (Phi) is 5.53. The number of imidazole rings is 1. The van der Waals surface area contributed by atoms with Gasteiger partial charge in [-0.25, -0.2) is 9.37 Å². The lowest BCUT2D eigenvalue weighted by Gasteiger charge is -2.38. The first-order chi connectivity index (χ1) is 14.6. The average Bonchev–Trinajstić information content (AvgIpc) is 3.12. The van der Waals surface area contributed by atoms with Crippen molar-refractivity contribution in [3.05, 3.63) is 59.9 Å². The highest BCUT2D eigenvalue weighted by molar-refractivity contribution is 6.08. The first-order valence-corrected chi connectivity index (χ1v) is 10.3. The molecule has 1 aliphatic heterocycles. The molecule has 2 heterocycles. The van der Waals surface area contributed by atoms with E-state index in [2.05, 4.69) is 4.98 Å². The predicted octanol–water partition coefficient (Wildman–Crippen LogP) is 4.09. The fourth-order valence-corrected chi connectivity index (χ4v) is 4.07. The van der Waals surface area contributed by atoms with Gasteiger partial charge in [0, 0.05) is 12.1 Å². The number of carbonyl (C=O) groups excluding carboxylic acids is 2. The Hall–Kier alpha value is -3.22. The molecule has 4 rings (SSSR count). The van der Waals surface area contributed by atoms with Crippen LogP contribution in [0.2, 0.25) is 0 Å². The molecule has 0 N–H and O–H groups in total. The zero-order valence-electron chi connectivity index (χ0n) is 17.0. The molecule has 0 saturated heterocycles. The molecule has 0 aliphatic carbocycles.